The summed E-state index contributed by atoms with van der Waals surface area (Å²) in [6.45, 7) is 11.6. The van der Waals surface area contributed by atoms with Gasteiger partial charge in [-0.2, -0.15) is 0 Å². The molecule has 2 heterocycles. The number of rotatable bonds is 2. The van der Waals surface area contributed by atoms with Crippen LogP contribution >= 0.6 is 0 Å². The van der Waals surface area contributed by atoms with Gasteiger partial charge in [-0.1, -0.05) is 51.1 Å². The first kappa shape index (κ1) is 17.4. The van der Waals surface area contributed by atoms with Crippen molar-refractivity contribution in [2.75, 3.05) is 36.8 Å². The van der Waals surface area contributed by atoms with Gasteiger partial charge in [0.2, 0.25) is 0 Å². The van der Waals surface area contributed by atoms with Gasteiger partial charge in [0.1, 0.15) is 0 Å². The number of nitrogens with zero attached hydrogens (tertiary/aromatic N) is 2. The fourth-order valence-corrected chi connectivity index (χ4v) is 4.82. The summed E-state index contributed by atoms with van der Waals surface area (Å²) in [5.41, 5.74) is 11.8. The number of nitrogen functional groups attached to an aromatic ring is 1. The van der Waals surface area contributed by atoms with Gasteiger partial charge in [0.05, 0.1) is 11.4 Å². The lowest BCUT2D eigenvalue weighted by Crippen LogP contribution is -2.46. The molecule has 0 aromatic heterocycles. The molecule has 0 bridgehead atoms. The van der Waals surface area contributed by atoms with Crippen LogP contribution in [0.15, 0.2) is 48.5 Å². The van der Waals surface area contributed by atoms with Crippen molar-refractivity contribution in [2.45, 2.75) is 39.0 Å². The van der Waals surface area contributed by atoms with Gasteiger partial charge in [0, 0.05) is 24.2 Å². The normalized spacial score (nSPS) is 19.7. The second-order valence-corrected chi connectivity index (χ2v) is 9.28. The van der Waals surface area contributed by atoms with E-state index in [0.717, 1.165) is 17.9 Å². The van der Waals surface area contributed by atoms with Crippen LogP contribution in [0.3, 0.4) is 0 Å². The molecule has 1 fully saturated rings. The number of hydrogen-bond acceptors (Lipinski definition) is 3. The van der Waals surface area contributed by atoms with Crippen LogP contribution in [0, 0.1) is 5.41 Å². The topological polar surface area (TPSA) is 32.5 Å². The molecule has 0 unspecified atom stereocenters. The van der Waals surface area contributed by atoms with E-state index in [0.29, 0.717) is 5.41 Å². The maximum atomic E-state index is 6.32. The monoisotopic (exact) mass is 349 g/mol. The summed E-state index contributed by atoms with van der Waals surface area (Å²) in [7, 11) is 0. The molecule has 2 aromatic carbocycles. The molecule has 0 atom stereocenters. The van der Waals surface area contributed by atoms with Crippen molar-refractivity contribution in [3.05, 3.63) is 54.1 Å². The Morgan fingerprint density at radius 2 is 1.54 bits per heavy atom. The van der Waals surface area contributed by atoms with Crippen LogP contribution in [0.5, 0.6) is 0 Å². The van der Waals surface area contributed by atoms with Crippen LogP contribution < -0.4 is 10.6 Å². The zero-order valence-electron chi connectivity index (χ0n) is 16.3. The molecule has 2 N–H and O–H groups in total. The first-order valence-corrected chi connectivity index (χ1v) is 9.82. The van der Waals surface area contributed by atoms with Crippen molar-refractivity contribution < 1.29 is 0 Å². The predicted octanol–water partition coefficient (Wildman–Crippen LogP) is 4.80. The lowest BCUT2D eigenvalue weighted by atomic mass is 9.74. The Balaban J connectivity index is 1.63. The van der Waals surface area contributed by atoms with E-state index in [1.165, 1.54) is 43.7 Å². The number of hydrogen-bond donors (Lipinski definition) is 1. The number of piperidine rings is 1. The number of likely N-dealkylation sites (tertiary alicyclic amines) is 1. The molecule has 2 aliphatic heterocycles. The lowest BCUT2D eigenvalue weighted by molar-refractivity contribution is 0.125. The van der Waals surface area contributed by atoms with Crippen LogP contribution in [0.1, 0.15) is 39.2 Å². The molecule has 2 aliphatic rings. The Labute approximate surface area is 157 Å². The highest BCUT2D eigenvalue weighted by molar-refractivity contribution is 5.79. The molecule has 26 heavy (non-hydrogen) atoms. The van der Waals surface area contributed by atoms with E-state index in [-0.39, 0.29) is 5.41 Å². The van der Waals surface area contributed by atoms with Crippen LogP contribution in [0.4, 0.5) is 17.1 Å². The molecule has 1 saturated heterocycles. The van der Waals surface area contributed by atoms with Gasteiger partial charge in [0.25, 0.3) is 0 Å². The largest absolute Gasteiger partial charge is 0.397 e. The van der Waals surface area contributed by atoms with E-state index in [9.17, 15) is 0 Å². The van der Waals surface area contributed by atoms with E-state index in [4.69, 9.17) is 5.73 Å². The van der Waals surface area contributed by atoms with E-state index >= 15 is 0 Å². The second-order valence-electron chi connectivity index (χ2n) is 9.28. The van der Waals surface area contributed by atoms with Crippen molar-refractivity contribution >= 4 is 17.1 Å². The average molecular weight is 350 g/mol. The standard InChI is InChI=1S/C23H31N3/c1-22(2,3)16-25-14-12-23(13-15-25)17-26(20-10-6-4-8-18(20)23)21-11-7-5-9-19(21)24/h4-11H,12-17,24H2,1-3H3. The number of anilines is 3. The molecule has 3 heteroatoms. The molecule has 138 valence electrons. The SMILES string of the molecule is CC(C)(C)CN1CCC2(CC1)CN(c1ccccc1N)c1ccccc12. The summed E-state index contributed by atoms with van der Waals surface area (Å²) in [6, 6.07) is 17.2. The Bertz CT molecular complexity index is 782. The van der Waals surface area contributed by atoms with Crippen molar-refractivity contribution in [1.29, 1.82) is 0 Å². The third kappa shape index (κ3) is 3.09. The Kier molecular flexibility index (Phi) is 4.23. The van der Waals surface area contributed by atoms with Gasteiger partial charge in [0.15, 0.2) is 0 Å². The summed E-state index contributed by atoms with van der Waals surface area (Å²) in [6.07, 6.45) is 2.45. The Morgan fingerprint density at radius 3 is 2.19 bits per heavy atom. The lowest BCUT2D eigenvalue weighted by Gasteiger charge is -2.42. The third-order valence-electron chi connectivity index (χ3n) is 5.97. The van der Waals surface area contributed by atoms with Crippen LogP contribution in [-0.4, -0.2) is 31.1 Å². The molecule has 2 aromatic rings. The fraction of sp³-hybridized carbons (Fsp3) is 0.478. The van der Waals surface area contributed by atoms with Crippen LogP contribution in [0.25, 0.3) is 0 Å². The molecule has 0 saturated carbocycles. The zero-order valence-corrected chi connectivity index (χ0v) is 16.3. The molecular formula is C23H31N3. The quantitative estimate of drug-likeness (QED) is 0.791. The summed E-state index contributed by atoms with van der Waals surface area (Å²) < 4.78 is 0. The van der Waals surface area contributed by atoms with Gasteiger partial charge < -0.3 is 15.5 Å². The summed E-state index contributed by atoms with van der Waals surface area (Å²) in [4.78, 5) is 5.09. The fourth-order valence-electron chi connectivity index (χ4n) is 4.82. The van der Waals surface area contributed by atoms with Gasteiger partial charge >= 0.3 is 0 Å². The third-order valence-corrected chi connectivity index (χ3v) is 5.97. The van der Waals surface area contributed by atoms with Gasteiger partial charge in [-0.3, -0.25) is 0 Å². The summed E-state index contributed by atoms with van der Waals surface area (Å²) in [5.74, 6) is 0. The average Bonchev–Trinajstić information content (AvgIpc) is 2.91. The molecule has 0 amide bonds. The maximum Gasteiger partial charge on any atom is 0.0644 e. The minimum absolute atomic E-state index is 0.257. The first-order chi connectivity index (χ1) is 12.4. The minimum Gasteiger partial charge on any atom is -0.397 e. The second kappa shape index (κ2) is 6.31. The zero-order chi connectivity index (χ0) is 18.4. The Hall–Kier alpha value is -2.00. The highest BCUT2D eigenvalue weighted by Crippen LogP contribution is 2.50. The Morgan fingerprint density at radius 1 is 0.923 bits per heavy atom. The first-order valence-electron chi connectivity index (χ1n) is 9.82. The van der Waals surface area contributed by atoms with E-state index < -0.39 is 0 Å². The maximum absolute atomic E-state index is 6.32. The highest BCUT2D eigenvalue weighted by Gasteiger charge is 2.45. The van der Waals surface area contributed by atoms with Gasteiger partial charge in [-0.25, -0.2) is 0 Å². The van der Waals surface area contributed by atoms with Gasteiger partial charge in [-0.15, -0.1) is 0 Å². The van der Waals surface area contributed by atoms with Crippen molar-refractivity contribution in [3.63, 3.8) is 0 Å². The van der Waals surface area contributed by atoms with Crippen molar-refractivity contribution in [3.8, 4) is 0 Å². The number of benzene rings is 2. The van der Waals surface area contributed by atoms with Crippen LogP contribution in [-0.2, 0) is 5.41 Å². The smallest absolute Gasteiger partial charge is 0.0644 e. The molecule has 0 aliphatic carbocycles. The number of para-hydroxylation sites is 3. The minimum atomic E-state index is 0.257. The van der Waals surface area contributed by atoms with E-state index in [2.05, 4.69) is 67.0 Å². The highest BCUT2D eigenvalue weighted by atomic mass is 15.2. The molecule has 1 spiro atoms. The summed E-state index contributed by atoms with van der Waals surface area (Å²) >= 11 is 0. The number of fused-ring (bicyclic) bond motifs is 2. The molecule has 3 nitrogen and oxygen atoms in total. The molecular weight excluding hydrogens is 318 g/mol. The number of nitrogens with two attached hydrogens (primary N) is 1. The van der Waals surface area contributed by atoms with Gasteiger partial charge in [-0.05, 0) is 55.1 Å². The van der Waals surface area contributed by atoms with Crippen molar-refractivity contribution in [2.24, 2.45) is 5.41 Å². The van der Waals surface area contributed by atoms with E-state index in [1.807, 2.05) is 12.1 Å². The predicted molar refractivity (Wildman–Crippen MR) is 111 cm³/mol. The van der Waals surface area contributed by atoms with Crippen LogP contribution in [0.2, 0.25) is 0 Å². The van der Waals surface area contributed by atoms with E-state index in [1.54, 1.807) is 0 Å². The molecule has 0 radical (unpaired) electrons. The summed E-state index contributed by atoms with van der Waals surface area (Å²) in [5, 5.41) is 0. The molecule has 4 rings (SSSR count). The van der Waals surface area contributed by atoms with Crippen molar-refractivity contribution in [1.82, 2.24) is 4.90 Å².